The standard InChI is InChI=1S/C18H10F5NO2/c1-8-11(4-10-3-2-9(7-24-10)18(21,22)23)17(26)13-6-15(20)14(19)5-12(13)16(8)25/h2-3,5-7H,4H2,1H3. The second-order valence-electron chi connectivity index (χ2n) is 5.79. The Morgan fingerprint density at radius 2 is 1.54 bits per heavy atom. The van der Waals surface area contributed by atoms with E-state index in [1.165, 1.54) is 6.92 Å². The van der Waals surface area contributed by atoms with E-state index in [-0.39, 0.29) is 34.4 Å². The van der Waals surface area contributed by atoms with Crippen molar-refractivity contribution in [1.82, 2.24) is 4.98 Å². The zero-order chi connectivity index (χ0) is 19.2. The number of halogens is 5. The molecule has 0 radical (unpaired) electrons. The molecule has 1 aliphatic rings. The average molecular weight is 367 g/mol. The van der Waals surface area contributed by atoms with Crippen LogP contribution in [0.1, 0.15) is 38.9 Å². The van der Waals surface area contributed by atoms with Gasteiger partial charge in [-0.1, -0.05) is 0 Å². The molecule has 0 aliphatic heterocycles. The molecule has 0 N–H and O–H groups in total. The van der Waals surface area contributed by atoms with Gasteiger partial charge in [-0.15, -0.1) is 0 Å². The highest BCUT2D eigenvalue weighted by Gasteiger charge is 2.33. The summed E-state index contributed by atoms with van der Waals surface area (Å²) in [7, 11) is 0. The van der Waals surface area contributed by atoms with Crippen molar-refractivity contribution in [2.24, 2.45) is 0 Å². The SMILES string of the molecule is CC1=C(Cc2ccc(C(F)(F)F)cn2)C(=O)c2cc(F)c(F)cc2C1=O. The molecule has 1 aliphatic carbocycles. The molecule has 0 spiro atoms. The van der Waals surface area contributed by atoms with Crippen molar-refractivity contribution >= 4 is 11.6 Å². The fourth-order valence-corrected chi connectivity index (χ4v) is 2.69. The number of pyridine rings is 1. The van der Waals surface area contributed by atoms with Crippen LogP contribution in [0, 0.1) is 11.6 Å². The van der Waals surface area contributed by atoms with Crippen molar-refractivity contribution in [2.75, 3.05) is 0 Å². The first-order chi connectivity index (χ1) is 12.1. The number of ketones is 2. The Morgan fingerprint density at radius 1 is 0.962 bits per heavy atom. The molecule has 0 fully saturated rings. The first-order valence-electron chi connectivity index (χ1n) is 7.40. The van der Waals surface area contributed by atoms with Gasteiger partial charge in [-0.3, -0.25) is 14.6 Å². The van der Waals surface area contributed by atoms with Crippen LogP contribution < -0.4 is 0 Å². The number of allylic oxidation sites excluding steroid dienone is 2. The topological polar surface area (TPSA) is 47.0 Å². The monoisotopic (exact) mass is 367 g/mol. The van der Waals surface area contributed by atoms with Gasteiger partial charge in [0.2, 0.25) is 0 Å². The summed E-state index contributed by atoms with van der Waals surface area (Å²) >= 11 is 0. The lowest BCUT2D eigenvalue weighted by atomic mass is 9.82. The molecule has 0 amide bonds. The van der Waals surface area contributed by atoms with E-state index in [1.807, 2.05) is 0 Å². The van der Waals surface area contributed by atoms with E-state index in [0.29, 0.717) is 18.3 Å². The van der Waals surface area contributed by atoms with E-state index < -0.39 is 34.9 Å². The Hall–Kier alpha value is -2.90. The number of alkyl halides is 3. The molecule has 0 unspecified atom stereocenters. The molecule has 2 aromatic rings. The minimum atomic E-state index is -4.54. The Labute approximate surface area is 144 Å². The molecule has 0 saturated heterocycles. The van der Waals surface area contributed by atoms with E-state index in [9.17, 15) is 31.5 Å². The minimum Gasteiger partial charge on any atom is -0.289 e. The zero-order valence-corrected chi connectivity index (χ0v) is 13.2. The van der Waals surface area contributed by atoms with E-state index >= 15 is 0 Å². The summed E-state index contributed by atoms with van der Waals surface area (Å²) < 4.78 is 64.5. The predicted octanol–water partition coefficient (Wildman–Crippen LogP) is 4.32. The molecule has 26 heavy (non-hydrogen) atoms. The molecule has 1 aromatic carbocycles. The van der Waals surface area contributed by atoms with Gasteiger partial charge in [0.25, 0.3) is 0 Å². The fraction of sp³-hybridized carbons (Fsp3) is 0.167. The number of fused-ring (bicyclic) bond motifs is 1. The molecule has 0 bridgehead atoms. The maximum atomic E-state index is 13.4. The van der Waals surface area contributed by atoms with E-state index in [0.717, 1.165) is 12.1 Å². The molecule has 8 heteroatoms. The molecule has 1 aromatic heterocycles. The summed E-state index contributed by atoms with van der Waals surface area (Å²) in [5.74, 6) is -3.83. The van der Waals surface area contributed by atoms with Crippen LogP contribution in [0.4, 0.5) is 22.0 Å². The van der Waals surface area contributed by atoms with Crippen LogP contribution in [0.2, 0.25) is 0 Å². The van der Waals surface area contributed by atoms with Gasteiger partial charge in [-0.2, -0.15) is 13.2 Å². The average Bonchev–Trinajstić information content (AvgIpc) is 2.58. The van der Waals surface area contributed by atoms with Gasteiger partial charge in [0, 0.05) is 40.6 Å². The van der Waals surface area contributed by atoms with Crippen molar-refractivity contribution in [3.8, 4) is 0 Å². The number of hydrogen-bond donors (Lipinski definition) is 0. The van der Waals surface area contributed by atoms with Crippen LogP contribution in [0.5, 0.6) is 0 Å². The van der Waals surface area contributed by atoms with Crippen LogP contribution in [-0.2, 0) is 12.6 Å². The molecule has 0 saturated carbocycles. The van der Waals surface area contributed by atoms with Crippen molar-refractivity contribution < 1.29 is 31.5 Å². The number of aromatic nitrogens is 1. The number of Topliss-reactive ketones (excluding diaryl/α,β-unsaturated/α-hetero) is 2. The van der Waals surface area contributed by atoms with Gasteiger partial charge in [0.1, 0.15) is 0 Å². The number of nitrogens with zero attached hydrogens (tertiary/aromatic N) is 1. The highest BCUT2D eigenvalue weighted by Crippen LogP contribution is 2.31. The predicted molar refractivity (Wildman–Crippen MR) is 80.7 cm³/mol. The Bertz CT molecular complexity index is 959. The quantitative estimate of drug-likeness (QED) is 0.743. The number of benzene rings is 1. The maximum Gasteiger partial charge on any atom is 0.417 e. The third kappa shape index (κ3) is 3.02. The van der Waals surface area contributed by atoms with E-state index in [4.69, 9.17) is 0 Å². The summed E-state index contributed by atoms with van der Waals surface area (Å²) in [6, 6.07) is 3.23. The highest BCUT2D eigenvalue weighted by molar-refractivity contribution is 6.26. The molecule has 3 nitrogen and oxygen atoms in total. The summed E-state index contributed by atoms with van der Waals surface area (Å²) in [5.41, 5.74) is -1.31. The van der Waals surface area contributed by atoms with Gasteiger partial charge in [-0.05, 0) is 31.2 Å². The molecule has 0 atom stereocenters. The number of carbonyl (C=O) groups excluding carboxylic acids is 2. The van der Waals surface area contributed by atoms with E-state index in [1.54, 1.807) is 0 Å². The Balaban J connectivity index is 1.98. The zero-order valence-electron chi connectivity index (χ0n) is 13.2. The lowest BCUT2D eigenvalue weighted by Gasteiger charge is -2.19. The highest BCUT2D eigenvalue weighted by atomic mass is 19.4. The third-order valence-corrected chi connectivity index (χ3v) is 4.13. The number of carbonyl (C=O) groups is 2. The largest absolute Gasteiger partial charge is 0.417 e. The second-order valence-corrected chi connectivity index (χ2v) is 5.79. The summed E-state index contributed by atoms with van der Waals surface area (Å²) in [6.07, 6.45) is -4.12. The summed E-state index contributed by atoms with van der Waals surface area (Å²) in [4.78, 5) is 28.6. The first-order valence-corrected chi connectivity index (χ1v) is 7.40. The second kappa shape index (κ2) is 6.12. The van der Waals surface area contributed by atoms with Crippen LogP contribution in [0.3, 0.4) is 0 Å². The van der Waals surface area contributed by atoms with Crippen molar-refractivity contribution in [2.45, 2.75) is 19.5 Å². The van der Waals surface area contributed by atoms with Crippen molar-refractivity contribution in [1.29, 1.82) is 0 Å². The lowest BCUT2D eigenvalue weighted by Crippen LogP contribution is -2.23. The fourth-order valence-electron chi connectivity index (χ4n) is 2.69. The van der Waals surface area contributed by atoms with Crippen molar-refractivity contribution in [3.63, 3.8) is 0 Å². The molecular formula is C18H10F5NO2. The van der Waals surface area contributed by atoms with Crippen LogP contribution in [0.25, 0.3) is 0 Å². The van der Waals surface area contributed by atoms with Gasteiger partial charge >= 0.3 is 6.18 Å². The summed E-state index contributed by atoms with van der Waals surface area (Å²) in [5, 5.41) is 0. The van der Waals surface area contributed by atoms with Crippen LogP contribution in [-0.4, -0.2) is 16.6 Å². The first kappa shape index (κ1) is 17.9. The minimum absolute atomic E-state index is 0.0132. The third-order valence-electron chi connectivity index (χ3n) is 4.13. The van der Waals surface area contributed by atoms with Gasteiger partial charge in [-0.25, -0.2) is 8.78 Å². The number of hydrogen-bond acceptors (Lipinski definition) is 3. The maximum absolute atomic E-state index is 13.4. The molecule has 1 heterocycles. The Kier molecular flexibility index (Phi) is 4.21. The van der Waals surface area contributed by atoms with E-state index in [2.05, 4.69) is 4.98 Å². The lowest BCUT2D eigenvalue weighted by molar-refractivity contribution is -0.137. The van der Waals surface area contributed by atoms with Crippen molar-refractivity contribution in [3.05, 3.63) is 75.6 Å². The van der Waals surface area contributed by atoms with Gasteiger partial charge < -0.3 is 0 Å². The van der Waals surface area contributed by atoms with Gasteiger partial charge in [0.15, 0.2) is 23.2 Å². The Morgan fingerprint density at radius 3 is 2.04 bits per heavy atom. The molecule has 3 rings (SSSR count). The smallest absolute Gasteiger partial charge is 0.289 e. The van der Waals surface area contributed by atoms with Gasteiger partial charge in [0.05, 0.1) is 5.56 Å². The number of rotatable bonds is 2. The normalized spacial score (nSPS) is 14.7. The molecular weight excluding hydrogens is 357 g/mol. The van der Waals surface area contributed by atoms with Crippen LogP contribution in [0.15, 0.2) is 41.6 Å². The molecule has 134 valence electrons. The summed E-state index contributed by atoms with van der Waals surface area (Å²) in [6.45, 7) is 1.35. The van der Waals surface area contributed by atoms with Crippen LogP contribution >= 0.6 is 0 Å².